The lowest BCUT2D eigenvalue weighted by atomic mass is 10.2. The van der Waals surface area contributed by atoms with Gasteiger partial charge in [-0.2, -0.15) is 0 Å². The summed E-state index contributed by atoms with van der Waals surface area (Å²) in [5, 5.41) is 0. The number of ether oxygens (including phenoxy) is 2. The molecule has 0 bridgehead atoms. The van der Waals surface area contributed by atoms with Crippen molar-refractivity contribution in [2.75, 3.05) is 18.9 Å². The zero-order valence-corrected chi connectivity index (χ0v) is 9.92. The standard InChI is InChI=1S/C12H18FNO2/c1-12(2,3)16-7-6-15-9-4-5-11(14)10(13)8-9/h4-5,8H,6-7,14H2,1-3H3. The molecule has 0 saturated heterocycles. The lowest BCUT2D eigenvalue weighted by Crippen LogP contribution is -2.22. The van der Waals surface area contributed by atoms with Crippen LogP contribution < -0.4 is 10.5 Å². The van der Waals surface area contributed by atoms with E-state index in [1.54, 1.807) is 6.07 Å². The van der Waals surface area contributed by atoms with Crippen molar-refractivity contribution in [1.29, 1.82) is 0 Å². The van der Waals surface area contributed by atoms with Gasteiger partial charge in [0.1, 0.15) is 18.2 Å². The highest BCUT2D eigenvalue weighted by molar-refractivity contribution is 5.43. The Balaban J connectivity index is 2.35. The molecule has 0 heterocycles. The van der Waals surface area contributed by atoms with Crippen molar-refractivity contribution in [2.45, 2.75) is 26.4 Å². The third-order valence-electron chi connectivity index (χ3n) is 1.86. The van der Waals surface area contributed by atoms with E-state index in [0.717, 1.165) is 0 Å². The first-order valence-electron chi connectivity index (χ1n) is 5.20. The highest BCUT2D eigenvalue weighted by Gasteiger charge is 2.09. The summed E-state index contributed by atoms with van der Waals surface area (Å²) >= 11 is 0. The summed E-state index contributed by atoms with van der Waals surface area (Å²) in [7, 11) is 0. The van der Waals surface area contributed by atoms with Crippen molar-refractivity contribution in [3.63, 3.8) is 0 Å². The summed E-state index contributed by atoms with van der Waals surface area (Å²) in [4.78, 5) is 0. The fourth-order valence-electron chi connectivity index (χ4n) is 1.11. The van der Waals surface area contributed by atoms with Crippen LogP contribution in [-0.4, -0.2) is 18.8 Å². The first-order valence-corrected chi connectivity index (χ1v) is 5.20. The number of hydrogen-bond donors (Lipinski definition) is 1. The summed E-state index contributed by atoms with van der Waals surface area (Å²) in [6.45, 7) is 6.76. The van der Waals surface area contributed by atoms with Gasteiger partial charge in [-0.05, 0) is 32.9 Å². The Hall–Kier alpha value is -1.29. The molecule has 0 fully saturated rings. The predicted octanol–water partition coefficient (Wildman–Crippen LogP) is 2.60. The molecule has 0 aliphatic carbocycles. The van der Waals surface area contributed by atoms with Gasteiger partial charge in [-0.1, -0.05) is 0 Å². The third-order valence-corrected chi connectivity index (χ3v) is 1.86. The molecule has 1 aromatic rings. The molecule has 2 N–H and O–H groups in total. The summed E-state index contributed by atoms with van der Waals surface area (Å²) in [6.07, 6.45) is 0. The van der Waals surface area contributed by atoms with E-state index in [1.165, 1.54) is 12.1 Å². The van der Waals surface area contributed by atoms with Crippen LogP contribution in [0.25, 0.3) is 0 Å². The molecule has 0 saturated carbocycles. The number of hydrogen-bond acceptors (Lipinski definition) is 3. The van der Waals surface area contributed by atoms with Gasteiger partial charge in [-0.25, -0.2) is 4.39 Å². The van der Waals surface area contributed by atoms with E-state index in [1.807, 2.05) is 20.8 Å². The van der Waals surface area contributed by atoms with Crippen LogP contribution in [0.4, 0.5) is 10.1 Å². The fraction of sp³-hybridized carbons (Fsp3) is 0.500. The number of halogens is 1. The van der Waals surface area contributed by atoms with Crippen LogP contribution in [-0.2, 0) is 4.74 Å². The molecule has 1 rings (SSSR count). The van der Waals surface area contributed by atoms with E-state index in [-0.39, 0.29) is 11.3 Å². The Morgan fingerprint density at radius 2 is 1.94 bits per heavy atom. The Morgan fingerprint density at radius 1 is 1.25 bits per heavy atom. The first kappa shape index (κ1) is 12.8. The average Bonchev–Trinajstić information content (AvgIpc) is 2.17. The van der Waals surface area contributed by atoms with Crippen molar-refractivity contribution >= 4 is 5.69 Å². The van der Waals surface area contributed by atoms with Gasteiger partial charge in [0.2, 0.25) is 0 Å². The minimum Gasteiger partial charge on any atom is -0.491 e. The molecular formula is C12H18FNO2. The van der Waals surface area contributed by atoms with Crippen LogP contribution >= 0.6 is 0 Å². The molecule has 0 spiro atoms. The minimum atomic E-state index is -0.464. The molecule has 4 heteroatoms. The number of nitrogen functional groups attached to an aromatic ring is 1. The van der Waals surface area contributed by atoms with Gasteiger partial charge in [0, 0.05) is 6.07 Å². The van der Waals surface area contributed by atoms with Gasteiger partial charge in [-0.15, -0.1) is 0 Å². The lowest BCUT2D eigenvalue weighted by Gasteiger charge is -2.19. The number of rotatable bonds is 4. The number of benzene rings is 1. The zero-order valence-electron chi connectivity index (χ0n) is 9.92. The van der Waals surface area contributed by atoms with Crippen LogP contribution in [0, 0.1) is 5.82 Å². The topological polar surface area (TPSA) is 44.5 Å². The van der Waals surface area contributed by atoms with Crippen LogP contribution in [0.3, 0.4) is 0 Å². The van der Waals surface area contributed by atoms with E-state index in [2.05, 4.69) is 0 Å². The molecule has 1 aromatic carbocycles. The predicted molar refractivity (Wildman–Crippen MR) is 62.0 cm³/mol. The maximum absolute atomic E-state index is 13.0. The van der Waals surface area contributed by atoms with Crippen molar-refractivity contribution in [3.05, 3.63) is 24.0 Å². The van der Waals surface area contributed by atoms with E-state index in [0.29, 0.717) is 19.0 Å². The minimum absolute atomic E-state index is 0.123. The van der Waals surface area contributed by atoms with Gasteiger partial charge in [-0.3, -0.25) is 0 Å². The maximum atomic E-state index is 13.0. The van der Waals surface area contributed by atoms with Crippen molar-refractivity contribution in [1.82, 2.24) is 0 Å². The summed E-state index contributed by atoms with van der Waals surface area (Å²) in [5.74, 6) is -0.00144. The second-order valence-electron chi connectivity index (χ2n) is 4.49. The second kappa shape index (κ2) is 5.16. The Labute approximate surface area is 95.4 Å². The highest BCUT2D eigenvalue weighted by Crippen LogP contribution is 2.17. The molecule has 0 amide bonds. The lowest BCUT2D eigenvalue weighted by molar-refractivity contribution is -0.0163. The molecule has 0 aliphatic rings. The monoisotopic (exact) mass is 227 g/mol. The molecular weight excluding hydrogens is 209 g/mol. The Morgan fingerprint density at radius 3 is 2.50 bits per heavy atom. The molecule has 0 atom stereocenters. The van der Waals surface area contributed by atoms with Crippen molar-refractivity contribution in [3.8, 4) is 5.75 Å². The Kier molecular flexibility index (Phi) is 4.12. The van der Waals surface area contributed by atoms with E-state index < -0.39 is 5.82 Å². The number of nitrogens with two attached hydrogens (primary N) is 1. The number of anilines is 1. The van der Waals surface area contributed by atoms with Crippen LogP contribution in [0.5, 0.6) is 5.75 Å². The second-order valence-corrected chi connectivity index (χ2v) is 4.49. The van der Waals surface area contributed by atoms with Crippen LogP contribution in [0.15, 0.2) is 18.2 Å². The molecule has 3 nitrogen and oxygen atoms in total. The Bertz CT molecular complexity index is 347. The largest absolute Gasteiger partial charge is 0.491 e. The molecule has 0 aromatic heterocycles. The molecule has 0 aliphatic heterocycles. The van der Waals surface area contributed by atoms with E-state index in [9.17, 15) is 4.39 Å². The fourth-order valence-corrected chi connectivity index (χ4v) is 1.11. The van der Waals surface area contributed by atoms with E-state index in [4.69, 9.17) is 15.2 Å². The normalized spacial score (nSPS) is 11.5. The molecule has 0 radical (unpaired) electrons. The quantitative estimate of drug-likeness (QED) is 0.635. The van der Waals surface area contributed by atoms with Crippen molar-refractivity contribution in [2.24, 2.45) is 0 Å². The van der Waals surface area contributed by atoms with Gasteiger partial charge in [0.05, 0.1) is 17.9 Å². The molecule has 0 unspecified atom stereocenters. The average molecular weight is 227 g/mol. The van der Waals surface area contributed by atoms with Gasteiger partial charge in [0.25, 0.3) is 0 Å². The summed E-state index contributed by atoms with van der Waals surface area (Å²) < 4.78 is 23.8. The zero-order chi connectivity index (χ0) is 12.2. The smallest absolute Gasteiger partial charge is 0.149 e. The van der Waals surface area contributed by atoms with Crippen LogP contribution in [0.1, 0.15) is 20.8 Å². The van der Waals surface area contributed by atoms with Gasteiger partial charge in [0.15, 0.2) is 0 Å². The van der Waals surface area contributed by atoms with Gasteiger partial charge < -0.3 is 15.2 Å². The molecule has 16 heavy (non-hydrogen) atoms. The van der Waals surface area contributed by atoms with E-state index >= 15 is 0 Å². The summed E-state index contributed by atoms with van der Waals surface area (Å²) in [6, 6.07) is 4.39. The van der Waals surface area contributed by atoms with Crippen LogP contribution in [0.2, 0.25) is 0 Å². The maximum Gasteiger partial charge on any atom is 0.149 e. The highest BCUT2D eigenvalue weighted by atomic mass is 19.1. The summed E-state index contributed by atoms with van der Waals surface area (Å²) in [5.41, 5.74) is 5.28. The SMILES string of the molecule is CC(C)(C)OCCOc1ccc(N)c(F)c1. The van der Waals surface area contributed by atoms with Gasteiger partial charge >= 0.3 is 0 Å². The third kappa shape index (κ3) is 4.49. The molecule has 90 valence electrons. The first-order chi connectivity index (χ1) is 7.38. The van der Waals surface area contributed by atoms with Crippen molar-refractivity contribution < 1.29 is 13.9 Å².